The van der Waals surface area contributed by atoms with Gasteiger partial charge in [0, 0.05) is 36.6 Å². The normalized spacial score (nSPS) is 15.7. The number of hydrogen-bond donors (Lipinski definition) is 0. The van der Waals surface area contributed by atoms with Crippen molar-refractivity contribution in [2.45, 2.75) is 58.0 Å². The fraction of sp³-hybridized carbons (Fsp3) is 0.323. The van der Waals surface area contributed by atoms with E-state index >= 15 is 0 Å². The van der Waals surface area contributed by atoms with E-state index in [1.165, 1.54) is 6.07 Å². The highest BCUT2D eigenvalue weighted by molar-refractivity contribution is 5.79. The van der Waals surface area contributed by atoms with E-state index in [-0.39, 0.29) is 12.6 Å². The Balaban J connectivity index is 1.59. The Morgan fingerprint density at radius 3 is 2.50 bits per heavy atom. The van der Waals surface area contributed by atoms with Crippen LogP contribution in [0.3, 0.4) is 0 Å². The first-order valence-corrected chi connectivity index (χ1v) is 13.5. The Kier molecular flexibility index (Phi) is 8.19. The highest BCUT2D eigenvalue weighted by Gasteiger charge is 2.35. The molecule has 3 heterocycles. The van der Waals surface area contributed by atoms with Gasteiger partial charge in [-0.25, -0.2) is 9.78 Å². The number of carbonyl (C=O) groups excluding carboxylic acids is 1. The van der Waals surface area contributed by atoms with Crippen LogP contribution in [0.1, 0.15) is 55.6 Å². The molecule has 1 atom stereocenters. The molecular formula is C31H31F3N4O2. The van der Waals surface area contributed by atoms with Crippen molar-refractivity contribution in [1.82, 2.24) is 19.4 Å². The molecule has 0 N–H and O–H groups in total. The molecule has 1 amide bonds. The Morgan fingerprint density at radius 2 is 1.77 bits per heavy atom. The third-order valence-corrected chi connectivity index (χ3v) is 7.10. The summed E-state index contributed by atoms with van der Waals surface area (Å²) in [5, 5.41) is 0. The standard InChI is InChI=1S/C31H31F3N4O2/c1-2-18-38-28(23-14-16-35-17-15-23)27(24-11-8-12-25(20-24)31(32,33)34)36-29(38)26-13-6-7-19-37(26)30(39)40-21-22-9-4-3-5-10-22/h3-5,8-12,14-17,20,26H,2,6-7,13,18-19,21H2,1H3. The van der Waals surface area contributed by atoms with Crippen molar-refractivity contribution < 1.29 is 22.7 Å². The third kappa shape index (κ3) is 5.88. The first-order chi connectivity index (χ1) is 19.4. The summed E-state index contributed by atoms with van der Waals surface area (Å²) in [6, 6.07) is 18.0. The Labute approximate surface area is 231 Å². The summed E-state index contributed by atoms with van der Waals surface area (Å²) in [6.07, 6.45) is 1.59. The summed E-state index contributed by atoms with van der Waals surface area (Å²) in [6.45, 7) is 3.30. The Bertz CT molecular complexity index is 1440. The molecule has 1 aliphatic rings. The summed E-state index contributed by atoms with van der Waals surface area (Å²) in [5.41, 5.74) is 2.48. The van der Waals surface area contributed by atoms with E-state index in [2.05, 4.69) is 9.55 Å². The van der Waals surface area contributed by atoms with Gasteiger partial charge in [0.2, 0.25) is 0 Å². The number of rotatable bonds is 7. The molecule has 4 aromatic rings. The second-order valence-corrected chi connectivity index (χ2v) is 9.88. The average Bonchev–Trinajstić information content (AvgIpc) is 3.36. The fourth-order valence-electron chi connectivity index (χ4n) is 5.24. The lowest BCUT2D eigenvalue weighted by Crippen LogP contribution is -2.40. The molecule has 0 spiro atoms. The van der Waals surface area contributed by atoms with E-state index in [0.717, 1.165) is 42.5 Å². The minimum Gasteiger partial charge on any atom is -0.445 e. The molecule has 1 fully saturated rings. The number of halogens is 3. The number of aromatic nitrogens is 3. The third-order valence-electron chi connectivity index (χ3n) is 7.10. The van der Waals surface area contributed by atoms with Crippen LogP contribution in [0.2, 0.25) is 0 Å². The van der Waals surface area contributed by atoms with Crippen molar-refractivity contribution in [3.63, 3.8) is 0 Å². The lowest BCUT2D eigenvalue weighted by Gasteiger charge is -2.34. The lowest BCUT2D eigenvalue weighted by atomic mass is 10.0. The molecule has 0 bridgehead atoms. The first kappa shape index (κ1) is 27.4. The summed E-state index contributed by atoms with van der Waals surface area (Å²) in [4.78, 5) is 24.2. The summed E-state index contributed by atoms with van der Waals surface area (Å²) in [7, 11) is 0. The van der Waals surface area contributed by atoms with Gasteiger partial charge in [-0.15, -0.1) is 0 Å². The summed E-state index contributed by atoms with van der Waals surface area (Å²) < 4.78 is 48.7. The van der Waals surface area contributed by atoms with Crippen molar-refractivity contribution >= 4 is 6.09 Å². The molecule has 208 valence electrons. The van der Waals surface area contributed by atoms with Crippen LogP contribution >= 0.6 is 0 Å². The van der Waals surface area contributed by atoms with Crippen molar-refractivity contribution in [1.29, 1.82) is 0 Å². The maximum atomic E-state index is 13.6. The van der Waals surface area contributed by atoms with Crippen molar-refractivity contribution in [2.24, 2.45) is 0 Å². The number of hydrogen-bond acceptors (Lipinski definition) is 4. The second-order valence-electron chi connectivity index (χ2n) is 9.88. The largest absolute Gasteiger partial charge is 0.445 e. The average molecular weight is 549 g/mol. The zero-order valence-electron chi connectivity index (χ0n) is 22.3. The zero-order chi connectivity index (χ0) is 28.1. The molecule has 5 rings (SSSR count). The van der Waals surface area contributed by atoms with Crippen molar-refractivity contribution in [2.75, 3.05) is 6.54 Å². The number of imidazole rings is 1. The van der Waals surface area contributed by atoms with Gasteiger partial charge in [0.1, 0.15) is 12.4 Å². The fourth-order valence-corrected chi connectivity index (χ4v) is 5.24. The summed E-state index contributed by atoms with van der Waals surface area (Å²) >= 11 is 0. The smallest absolute Gasteiger partial charge is 0.416 e. The van der Waals surface area contributed by atoms with Gasteiger partial charge < -0.3 is 9.30 Å². The molecule has 0 radical (unpaired) electrons. The van der Waals surface area contributed by atoms with E-state index in [9.17, 15) is 18.0 Å². The van der Waals surface area contributed by atoms with Gasteiger partial charge in [0.15, 0.2) is 0 Å². The van der Waals surface area contributed by atoms with Crippen LogP contribution in [0.4, 0.5) is 18.0 Å². The zero-order valence-corrected chi connectivity index (χ0v) is 22.3. The number of amides is 1. The molecule has 1 unspecified atom stereocenters. The second kappa shape index (κ2) is 11.9. The molecule has 2 aromatic carbocycles. The maximum absolute atomic E-state index is 13.6. The highest BCUT2D eigenvalue weighted by Crippen LogP contribution is 2.40. The van der Waals surface area contributed by atoms with Gasteiger partial charge in [0.05, 0.1) is 23.0 Å². The van der Waals surface area contributed by atoms with Gasteiger partial charge in [-0.2, -0.15) is 13.2 Å². The molecule has 6 nitrogen and oxygen atoms in total. The number of benzene rings is 2. The van der Waals surface area contributed by atoms with E-state index in [1.54, 1.807) is 23.4 Å². The number of likely N-dealkylation sites (tertiary alicyclic amines) is 1. The predicted molar refractivity (Wildman–Crippen MR) is 146 cm³/mol. The summed E-state index contributed by atoms with van der Waals surface area (Å²) in [5.74, 6) is 0.650. The lowest BCUT2D eigenvalue weighted by molar-refractivity contribution is -0.137. The van der Waals surface area contributed by atoms with Gasteiger partial charge in [-0.3, -0.25) is 9.88 Å². The van der Waals surface area contributed by atoms with E-state index in [4.69, 9.17) is 9.72 Å². The Morgan fingerprint density at radius 1 is 1.00 bits per heavy atom. The van der Waals surface area contributed by atoms with Gasteiger partial charge in [-0.1, -0.05) is 49.4 Å². The number of carbonyl (C=O) groups is 1. The van der Waals surface area contributed by atoms with Crippen LogP contribution < -0.4 is 0 Å². The molecule has 40 heavy (non-hydrogen) atoms. The minimum absolute atomic E-state index is 0.157. The van der Waals surface area contributed by atoms with Crippen molar-refractivity contribution in [3.8, 4) is 22.5 Å². The molecule has 0 aliphatic carbocycles. The van der Waals surface area contributed by atoms with Gasteiger partial charge >= 0.3 is 12.3 Å². The van der Waals surface area contributed by atoms with E-state index in [1.807, 2.05) is 49.4 Å². The molecule has 1 aliphatic heterocycles. The van der Waals surface area contributed by atoms with Crippen LogP contribution in [0.25, 0.3) is 22.5 Å². The Hall–Kier alpha value is -4.14. The molecular weight excluding hydrogens is 517 g/mol. The first-order valence-electron chi connectivity index (χ1n) is 13.5. The van der Waals surface area contributed by atoms with Gasteiger partial charge in [0.25, 0.3) is 0 Å². The number of nitrogens with zero attached hydrogens (tertiary/aromatic N) is 4. The topological polar surface area (TPSA) is 60.2 Å². The predicted octanol–water partition coefficient (Wildman–Crippen LogP) is 7.90. The quantitative estimate of drug-likeness (QED) is 0.236. The monoisotopic (exact) mass is 548 g/mol. The SMILES string of the molecule is CCCn1c(C2CCCCN2C(=O)OCc2ccccc2)nc(-c2cccc(C(F)(F)F)c2)c1-c1ccncc1. The van der Waals surface area contributed by atoms with Crippen molar-refractivity contribution in [3.05, 3.63) is 96.1 Å². The minimum atomic E-state index is -4.48. The van der Waals surface area contributed by atoms with Gasteiger partial charge in [-0.05, 0) is 55.5 Å². The molecule has 1 saturated heterocycles. The van der Waals surface area contributed by atoms with Crippen LogP contribution in [0.5, 0.6) is 0 Å². The molecule has 0 saturated carbocycles. The number of alkyl halides is 3. The van der Waals surface area contributed by atoms with E-state index in [0.29, 0.717) is 42.3 Å². The number of piperidine rings is 1. The molecule has 2 aromatic heterocycles. The van der Waals surface area contributed by atoms with Crippen LogP contribution in [0.15, 0.2) is 79.1 Å². The van der Waals surface area contributed by atoms with Crippen LogP contribution in [0, 0.1) is 0 Å². The number of pyridine rings is 1. The maximum Gasteiger partial charge on any atom is 0.416 e. The van der Waals surface area contributed by atoms with Crippen LogP contribution in [-0.4, -0.2) is 32.1 Å². The molecule has 9 heteroatoms. The highest BCUT2D eigenvalue weighted by atomic mass is 19.4. The number of ether oxygens (including phenoxy) is 1. The van der Waals surface area contributed by atoms with Crippen LogP contribution in [-0.2, 0) is 24.1 Å². The van der Waals surface area contributed by atoms with E-state index < -0.39 is 17.8 Å².